The number of rotatable bonds is 13. The summed E-state index contributed by atoms with van der Waals surface area (Å²) in [4.78, 5) is 38.1. The van der Waals surface area contributed by atoms with Gasteiger partial charge in [-0.15, -0.1) is 0 Å². The maximum absolute atomic E-state index is 13.3. The van der Waals surface area contributed by atoms with Gasteiger partial charge in [0.25, 0.3) is 5.56 Å². The van der Waals surface area contributed by atoms with Crippen molar-refractivity contribution in [1.82, 2.24) is 9.88 Å². The number of aryl methyl sites for hydroxylation is 1. The van der Waals surface area contributed by atoms with E-state index in [-0.39, 0.29) is 18.0 Å². The highest BCUT2D eigenvalue weighted by molar-refractivity contribution is 6.31. The lowest BCUT2D eigenvalue weighted by molar-refractivity contribution is -0.137. The summed E-state index contributed by atoms with van der Waals surface area (Å²) in [5, 5.41) is 25.9. The van der Waals surface area contributed by atoms with Crippen LogP contribution in [0.15, 0.2) is 53.5 Å². The predicted molar refractivity (Wildman–Crippen MR) is 153 cm³/mol. The molecule has 10 nitrogen and oxygen atoms in total. The molecule has 0 unspecified atom stereocenters. The van der Waals surface area contributed by atoms with E-state index in [4.69, 9.17) is 21.1 Å². The van der Waals surface area contributed by atoms with Crippen LogP contribution in [0.4, 0.5) is 10.5 Å². The monoisotopic (exact) mass is 571 g/mol. The summed E-state index contributed by atoms with van der Waals surface area (Å²) < 4.78 is 12.6. The molecule has 0 radical (unpaired) electrons. The second kappa shape index (κ2) is 14.3. The molecule has 0 aliphatic heterocycles. The maximum atomic E-state index is 13.3. The molecule has 0 bridgehead atoms. The molecule has 4 N–H and O–H groups in total. The molecule has 2 amide bonds. The van der Waals surface area contributed by atoms with Gasteiger partial charge in [-0.3, -0.25) is 9.59 Å². The lowest BCUT2D eigenvalue weighted by Gasteiger charge is -2.21. The predicted octanol–water partition coefficient (Wildman–Crippen LogP) is 5.34. The number of benzene rings is 2. The van der Waals surface area contributed by atoms with Gasteiger partial charge in [0.2, 0.25) is 0 Å². The number of nitrogens with zero attached hydrogens (tertiary/aromatic N) is 1. The molecule has 0 fully saturated rings. The zero-order valence-corrected chi connectivity index (χ0v) is 23.5. The molecule has 3 rings (SSSR count). The Bertz CT molecular complexity index is 1410. The third-order valence-electron chi connectivity index (χ3n) is 6.04. The van der Waals surface area contributed by atoms with Crippen LogP contribution in [0.25, 0.3) is 0 Å². The summed E-state index contributed by atoms with van der Waals surface area (Å²) in [6.45, 7) is 6.45. The fourth-order valence-electron chi connectivity index (χ4n) is 4.23. The van der Waals surface area contributed by atoms with Crippen molar-refractivity contribution in [3.05, 3.63) is 80.7 Å². The molecule has 0 saturated heterocycles. The van der Waals surface area contributed by atoms with Crippen LogP contribution < -0.4 is 25.7 Å². The van der Waals surface area contributed by atoms with Crippen LogP contribution in [0.3, 0.4) is 0 Å². The van der Waals surface area contributed by atoms with E-state index in [9.17, 15) is 24.6 Å². The van der Waals surface area contributed by atoms with Crippen LogP contribution in [0.5, 0.6) is 17.2 Å². The molecule has 3 aromatic rings. The van der Waals surface area contributed by atoms with E-state index in [2.05, 4.69) is 10.6 Å². The summed E-state index contributed by atoms with van der Waals surface area (Å²) in [6, 6.07) is 10.1. The minimum atomic E-state index is -1.15. The van der Waals surface area contributed by atoms with E-state index >= 15 is 0 Å². The Hall–Kier alpha value is -4.18. The van der Waals surface area contributed by atoms with E-state index in [0.717, 1.165) is 0 Å². The SMILES string of the molecule is CCCc1cn(Cc2ccccc2Cl)c(=O)c(NC(=O)N[C@@H](CC(=O)O)c2ccc(OCC)c(OCC)c2)c1O. The molecule has 1 atom stereocenters. The Morgan fingerprint density at radius 2 is 1.73 bits per heavy atom. The first-order valence-corrected chi connectivity index (χ1v) is 13.4. The molecule has 2 aromatic carbocycles. The quantitative estimate of drug-likeness (QED) is 0.217. The first-order valence-electron chi connectivity index (χ1n) is 13.1. The van der Waals surface area contributed by atoms with Gasteiger partial charge in [-0.1, -0.05) is 49.2 Å². The van der Waals surface area contributed by atoms with Crippen LogP contribution in [-0.2, 0) is 17.8 Å². The van der Waals surface area contributed by atoms with Crippen LogP contribution >= 0.6 is 11.6 Å². The van der Waals surface area contributed by atoms with Gasteiger partial charge in [0, 0.05) is 16.8 Å². The fraction of sp³-hybridized carbons (Fsp3) is 0.345. The Labute approximate surface area is 237 Å². The average Bonchev–Trinajstić information content (AvgIpc) is 2.91. The van der Waals surface area contributed by atoms with Gasteiger partial charge in [-0.2, -0.15) is 0 Å². The zero-order valence-electron chi connectivity index (χ0n) is 22.7. The number of ether oxygens (including phenoxy) is 2. The minimum Gasteiger partial charge on any atom is -0.505 e. The third kappa shape index (κ3) is 7.69. The normalized spacial score (nSPS) is 11.5. The van der Waals surface area contributed by atoms with Crippen LogP contribution in [0, 0.1) is 0 Å². The highest BCUT2D eigenvalue weighted by atomic mass is 35.5. The van der Waals surface area contributed by atoms with Crippen molar-refractivity contribution in [2.45, 2.75) is 52.6 Å². The Morgan fingerprint density at radius 1 is 1.02 bits per heavy atom. The molecular weight excluding hydrogens is 538 g/mol. The van der Waals surface area contributed by atoms with Gasteiger partial charge in [-0.05, 0) is 49.6 Å². The van der Waals surface area contributed by atoms with Crippen molar-refractivity contribution in [3.63, 3.8) is 0 Å². The topological polar surface area (TPSA) is 139 Å². The second-order valence-electron chi connectivity index (χ2n) is 8.97. The Morgan fingerprint density at radius 3 is 2.38 bits per heavy atom. The van der Waals surface area contributed by atoms with Crippen molar-refractivity contribution in [2.75, 3.05) is 18.5 Å². The van der Waals surface area contributed by atoms with E-state index in [1.54, 1.807) is 55.6 Å². The number of carbonyl (C=O) groups is 2. The smallest absolute Gasteiger partial charge is 0.319 e. The number of carboxylic acid groups (broad SMARTS) is 1. The van der Waals surface area contributed by atoms with Gasteiger partial charge in [0.1, 0.15) is 5.75 Å². The molecule has 0 spiro atoms. The van der Waals surface area contributed by atoms with Gasteiger partial charge in [-0.25, -0.2) is 4.79 Å². The summed E-state index contributed by atoms with van der Waals surface area (Å²) in [5.74, 6) is -0.589. The van der Waals surface area contributed by atoms with Crippen molar-refractivity contribution < 1.29 is 29.3 Å². The maximum Gasteiger partial charge on any atom is 0.319 e. The Kier molecular flexibility index (Phi) is 10.8. The van der Waals surface area contributed by atoms with Gasteiger partial charge in [0.05, 0.1) is 32.2 Å². The minimum absolute atomic E-state index is 0.125. The number of amides is 2. The fourth-order valence-corrected chi connectivity index (χ4v) is 4.42. The van der Waals surface area contributed by atoms with E-state index < -0.39 is 30.0 Å². The zero-order chi connectivity index (χ0) is 29.2. The molecular formula is C29H34ClN3O7. The number of carboxylic acids is 1. The van der Waals surface area contributed by atoms with E-state index in [1.165, 1.54) is 4.57 Å². The largest absolute Gasteiger partial charge is 0.505 e. The van der Waals surface area contributed by atoms with E-state index in [0.29, 0.717) is 59.3 Å². The van der Waals surface area contributed by atoms with Crippen LogP contribution in [0.1, 0.15) is 56.3 Å². The summed E-state index contributed by atoms with van der Waals surface area (Å²) in [5.41, 5.74) is 0.675. The van der Waals surface area contributed by atoms with Crippen molar-refractivity contribution in [1.29, 1.82) is 0 Å². The number of halogens is 1. The molecule has 0 aliphatic rings. The highest BCUT2D eigenvalue weighted by Gasteiger charge is 2.23. The van der Waals surface area contributed by atoms with Crippen molar-refractivity contribution in [3.8, 4) is 17.2 Å². The van der Waals surface area contributed by atoms with Crippen molar-refractivity contribution >= 4 is 29.3 Å². The third-order valence-corrected chi connectivity index (χ3v) is 6.41. The number of aromatic hydroxyl groups is 1. The molecule has 40 heavy (non-hydrogen) atoms. The van der Waals surface area contributed by atoms with E-state index in [1.807, 2.05) is 13.8 Å². The van der Waals surface area contributed by atoms with Gasteiger partial charge >= 0.3 is 12.0 Å². The second-order valence-corrected chi connectivity index (χ2v) is 9.38. The number of carbonyl (C=O) groups excluding carboxylic acids is 1. The van der Waals surface area contributed by atoms with Gasteiger partial charge in [0.15, 0.2) is 17.2 Å². The summed E-state index contributed by atoms with van der Waals surface area (Å²) >= 11 is 6.29. The molecule has 11 heteroatoms. The molecule has 0 saturated carbocycles. The molecule has 1 aromatic heterocycles. The van der Waals surface area contributed by atoms with Gasteiger partial charge < -0.3 is 34.9 Å². The number of hydrogen-bond donors (Lipinski definition) is 4. The number of pyridine rings is 1. The molecule has 214 valence electrons. The number of aromatic nitrogens is 1. The first-order chi connectivity index (χ1) is 19.2. The highest BCUT2D eigenvalue weighted by Crippen LogP contribution is 2.32. The average molecular weight is 572 g/mol. The summed E-state index contributed by atoms with van der Waals surface area (Å²) in [6.07, 6.45) is 2.25. The summed E-state index contributed by atoms with van der Waals surface area (Å²) in [7, 11) is 0. The number of hydrogen-bond acceptors (Lipinski definition) is 6. The standard InChI is InChI=1S/C29H34ClN3O7/c1-4-9-20-17-33(16-19-10-7-8-11-21(19)30)28(37)26(27(20)36)32-29(38)31-22(15-25(34)35)18-12-13-23(39-5-2)24(14-18)40-6-3/h7-8,10-14,17,22,36H,4-6,9,15-16H2,1-3H3,(H,34,35)(H2,31,32,38)/t22-/m0/s1. The van der Waals surface area contributed by atoms with Crippen molar-refractivity contribution in [2.24, 2.45) is 0 Å². The number of urea groups is 1. The van der Waals surface area contributed by atoms with Crippen LogP contribution in [-0.4, -0.2) is 40.0 Å². The number of anilines is 1. The lowest BCUT2D eigenvalue weighted by atomic mass is 10.0. The Balaban J connectivity index is 1.93. The van der Waals surface area contributed by atoms with Crippen LogP contribution in [0.2, 0.25) is 5.02 Å². The number of nitrogens with one attached hydrogen (secondary N) is 2. The molecule has 1 heterocycles. The lowest BCUT2D eigenvalue weighted by Crippen LogP contribution is -2.36. The first kappa shape index (κ1) is 30.4. The molecule has 0 aliphatic carbocycles. The number of aliphatic carboxylic acids is 1.